The van der Waals surface area contributed by atoms with Crippen molar-refractivity contribution < 1.29 is 14.8 Å². The lowest BCUT2D eigenvalue weighted by atomic mass is 10.0. The Labute approximate surface area is 115 Å². The molecule has 20 heavy (non-hydrogen) atoms. The van der Waals surface area contributed by atoms with Crippen molar-refractivity contribution in [1.82, 2.24) is 10.3 Å². The van der Waals surface area contributed by atoms with Gasteiger partial charge in [-0.2, -0.15) is 0 Å². The van der Waals surface area contributed by atoms with E-state index < -0.39 is 11.0 Å². The van der Waals surface area contributed by atoms with Crippen molar-refractivity contribution >= 4 is 17.5 Å². The van der Waals surface area contributed by atoms with E-state index in [2.05, 4.69) is 10.3 Å². The van der Waals surface area contributed by atoms with Crippen molar-refractivity contribution in [2.24, 2.45) is 0 Å². The summed E-state index contributed by atoms with van der Waals surface area (Å²) in [6.45, 7) is 2.87. The Hall–Kier alpha value is -2.38. The molecule has 1 fully saturated rings. The zero-order valence-corrected chi connectivity index (χ0v) is 11.1. The standard InChI is InChI=1S/C12H16N4O4/c1-8-5-13-6-10(16(19)20)11(8)15-4-2-3-9(7-15)14-12(17)18/h5-6,9,14H,2-4,7H2,1H3,(H,17,18)/t9-/m0/s1. The quantitative estimate of drug-likeness (QED) is 0.642. The highest BCUT2D eigenvalue weighted by Crippen LogP contribution is 2.32. The number of rotatable bonds is 3. The van der Waals surface area contributed by atoms with Gasteiger partial charge in [-0.25, -0.2) is 4.79 Å². The number of pyridine rings is 1. The number of carbonyl (C=O) groups is 1. The summed E-state index contributed by atoms with van der Waals surface area (Å²) < 4.78 is 0. The number of aromatic nitrogens is 1. The Morgan fingerprint density at radius 1 is 1.60 bits per heavy atom. The van der Waals surface area contributed by atoms with Gasteiger partial charge in [0.2, 0.25) is 0 Å². The van der Waals surface area contributed by atoms with Gasteiger partial charge in [-0.15, -0.1) is 0 Å². The lowest BCUT2D eigenvalue weighted by Crippen LogP contribution is -2.47. The fraction of sp³-hybridized carbons (Fsp3) is 0.500. The number of hydrogen-bond acceptors (Lipinski definition) is 5. The molecule has 1 aromatic rings. The predicted molar refractivity (Wildman–Crippen MR) is 72.0 cm³/mol. The topological polar surface area (TPSA) is 109 Å². The van der Waals surface area contributed by atoms with Crippen molar-refractivity contribution in [3.8, 4) is 0 Å². The van der Waals surface area contributed by atoms with E-state index in [0.717, 1.165) is 18.4 Å². The first kappa shape index (κ1) is 14.0. The number of nitro groups is 1. The SMILES string of the molecule is Cc1cncc([N+](=O)[O-])c1N1CCC[C@H](NC(=O)O)C1. The third kappa shape index (κ3) is 2.95. The summed E-state index contributed by atoms with van der Waals surface area (Å²) in [5, 5.41) is 22.3. The highest BCUT2D eigenvalue weighted by atomic mass is 16.6. The van der Waals surface area contributed by atoms with Gasteiger partial charge < -0.3 is 15.3 Å². The van der Waals surface area contributed by atoms with Crippen molar-refractivity contribution in [1.29, 1.82) is 0 Å². The average Bonchev–Trinajstić information content (AvgIpc) is 2.37. The first-order valence-electron chi connectivity index (χ1n) is 6.32. The van der Waals surface area contributed by atoms with Crippen LogP contribution in [0.5, 0.6) is 0 Å². The fourth-order valence-electron chi connectivity index (χ4n) is 2.56. The number of carboxylic acid groups (broad SMARTS) is 1. The summed E-state index contributed by atoms with van der Waals surface area (Å²) in [6, 6.07) is -0.214. The zero-order valence-electron chi connectivity index (χ0n) is 11.1. The van der Waals surface area contributed by atoms with Crippen LogP contribution in [-0.4, -0.2) is 40.2 Å². The van der Waals surface area contributed by atoms with Crippen molar-refractivity contribution in [2.75, 3.05) is 18.0 Å². The number of aryl methyl sites for hydroxylation is 1. The lowest BCUT2D eigenvalue weighted by molar-refractivity contribution is -0.384. The highest BCUT2D eigenvalue weighted by molar-refractivity contribution is 5.68. The van der Waals surface area contributed by atoms with Crippen LogP contribution in [0.15, 0.2) is 12.4 Å². The van der Waals surface area contributed by atoms with Crippen LogP contribution >= 0.6 is 0 Å². The third-order valence-electron chi connectivity index (χ3n) is 3.34. The number of amides is 1. The average molecular weight is 280 g/mol. The number of hydrogen-bond donors (Lipinski definition) is 2. The molecule has 1 aliphatic rings. The maximum absolute atomic E-state index is 11.1. The zero-order chi connectivity index (χ0) is 14.7. The molecular formula is C12H16N4O4. The van der Waals surface area contributed by atoms with Crippen LogP contribution in [0.25, 0.3) is 0 Å². The molecule has 0 aromatic carbocycles. The van der Waals surface area contributed by atoms with E-state index in [9.17, 15) is 14.9 Å². The molecule has 8 nitrogen and oxygen atoms in total. The van der Waals surface area contributed by atoms with Gasteiger partial charge in [-0.05, 0) is 25.3 Å². The molecule has 1 saturated heterocycles. The second-order valence-corrected chi connectivity index (χ2v) is 4.82. The Balaban J connectivity index is 2.27. The summed E-state index contributed by atoms with van der Waals surface area (Å²) in [7, 11) is 0. The number of piperidine rings is 1. The molecule has 0 radical (unpaired) electrons. The van der Waals surface area contributed by atoms with Gasteiger partial charge in [0.05, 0.1) is 4.92 Å². The molecule has 0 spiro atoms. The van der Waals surface area contributed by atoms with Gasteiger partial charge in [0.15, 0.2) is 0 Å². The molecule has 0 unspecified atom stereocenters. The Bertz CT molecular complexity index is 534. The molecule has 1 atom stereocenters. The van der Waals surface area contributed by atoms with Crippen LogP contribution in [0.4, 0.5) is 16.2 Å². The van der Waals surface area contributed by atoms with Crippen LogP contribution in [0.2, 0.25) is 0 Å². The third-order valence-corrected chi connectivity index (χ3v) is 3.34. The van der Waals surface area contributed by atoms with E-state index in [4.69, 9.17) is 5.11 Å². The minimum atomic E-state index is -1.07. The van der Waals surface area contributed by atoms with E-state index >= 15 is 0 Å². The molecule has 8 heteroatoms. The van der Waals surface area contributed by atoms with Gasteiger partial charge in [0, 0.05) is 25.3 Å². The molecule has 108 valence electrons. The molecule has 2 heterocycles. The maximum Gasteiger partial charge on any atom is 0.404 e. The van der Waals surface area contributed by atoms with Crippen LogP contribution in [-0.2, 0) is 0 Å². The molecule has 0 bridgehead atoms. The molecule has 1 aliphatic heterocycles. The second kappa shape index (κ2) is 5.72. The maximum atomic E-state index is 11.1. The number of nitrogens with one attached hydrogen (secondary N) is 1. The first-order chi connectivity index (χ1) is 9.49. The first-order valence-corrected chi connectivity index (χ1v) is 6.32. The Morgan fingerprint density at radius 2 is 2.35 bits per heavy atom. The lowest BCUT2D eigenvalue weighted by Gasteiger charge is -2.34. The van der Waals surface area contributed by atoms with Crippen molar-refractivity contribution in [3.63, 3.8) is 0 Å². The Kier molecular flexibility index (Phi) is 4.02. The number of nitrogens with zero attached hydrogens (tertiary/aromatic N) is 3. The second-order valence-electron chi connectivity index (χ2n) is 4.82. The number of anilines is 1. The summed E-state index contributed by atoms with van der Waals surface area (Å²) in [4.78, 5) is 27.1. The fourth-order valence-corrected chi connectivity index (χ4v) is 2.56. The van der Waals surface area contributed by atoms with Crippen LogP contribution < -0.4 is 10.2 Å². The van der Waals surface area contributed by atoms with Gasteiger partial charge >= 0.3 is 11.8 Å². The minimum absolute atomic E-state index is 0.0408. The smallest absolute Gasteiger partial charge is 0.404 e. The molecular weight excluding hydrogens is 264 g/mol. The molecule has 1 amide bonds. The molecule has 0 aliphatic carbocycles. The molecule has 2 rings (SSSR count). The van der Waals surface area contributed by atoms with E-state index in [0.29, 0.717) is 18.8 Å². The van der Waals surface area contributed by atoms with Gasteiger partial charge in [0.25, 0.3) is 0 Å². The van der Waals surface area contributed by atoms with Crippen LogP contribution in [0.1, 0.15) is 18.4 Å². The molecule has 2 N–H and O–H groups in total. The largest absolute Gasteiger partial charge is 0.465 e. The summed E-state index contributed by atoms with van der Waals surface area (Å²) in [5.74, 6) is 0. The normalized spacial score (nSPS) is 18.6. The van der Waals surface area contributed by atoms with E-state index in [1.54, 1.807) is 13.1 Å². The van der Waals surface area contributed by atoms with E-state index in [1.165, 1.54) is 6.20 Å². The summed E-state index contributed by atoms with van der Waals surface area (Å²) in [6.07, 6.45) is 3.26. The van der Waals surface area contributed by atoms with Gasteiger partial charge in [-0.3, -0.25) is 15.1 Å². The van der Waals surface area contributed by atoms with Gasteiger partial charge in [-0.1, -0.05) is 0 Å². The van der Waals surface area contributed by atoms with Crippen molar-refractivity contribution in [2.45, 2.75) is 25.8 Å². The predicted octanol–water partition coefficient (Wildman–Crippen LogP) is 1.53. The molecule has 0 saturated carbocycles. The molecule has 1 aromatic heterocycles. The summed E-state index contributed by atoms with van der Waals surface area (Å²) >= 11 is 0. The van der Waals surface area contributed by atoms with Crippen LogP contribution in [0.3, 0.4) is 0 Å². The monoisotopic (exact) mass is 280 g/mol. The van der Waals surface area contributed by atoms with E-state index in [-0.39, 0.29) is 11.7 Å². The minimum Gasteiger partial charge on any atom is -0.465 e. The highest BCUT2D eigenvalue weighted by Gasteiger charge is 2.27. The Morgan fingerprint density at radius 3 is 3.00 bits per heavy atom. The van der Waals surface area contributed by atoms with Crippen LogP contribution in [0, 0.1) is 17.0 Å². The van der Waals surface area contributed by atoms with Gasteiger partial charge in [0.1, 0.15) is 11.9 Å². The summed E-state index contributed by atoms with van der Waals surface area (Å²) in [5.41, 5.74) is 1.21. The van der Waals surface area contributed by atoms with E-state index in [1.807, 2.05) is 4.90 Å². The van der Waals surface area contributed by atoms with Crippen molar-refractivity contribution in [3.05, 3.63) is 28.1 Å².